The summed E-state index contributed by atoms with van der Waals surface area (Å²) in [6, 6.07) is 13.8. The molecule has 0 amide bonds. The first-order valence-corrected chi connectivity index (χ1v) is 9.04. The van der Waals surface area contributed by atoms with Gasteiger partial charge in [0.2, 0.25) is 0 Å². The van der Waals surface area contributed by atoms with Crippen molar-refractivity contribution in [1.82, 2.24) is 9.88 Å². The Balaban J connectivity index is 1.63. The van der Waals surface area contributed by atoms with Gasteiger partial charge in [0.15, 0.2) is 11.5 Å². The number of halogens is 2. The second-order valence-electron chi connectivity index (χ2n) is 6.53. The van der Waals surface area contributed by atoms with Crippen molar-refractivity contribution in [3.8, 4) is 22.8 Å². The number of rotatable bonds is 3. The van der Waals surface area contributed by atoms with Crippen LogP contribution in [0.4, 0.5) is 4.39 Å². The van der Waals surface area contributed by atoms with E-state index in [2.05, 4.69) is 9.88 Å². The SMILES string of the molecule is Oc1cc(-c2ccc(Cl)cn2)cc2c1OCCN(Cc1cccc(F)c1)C2. The van der Waals surface area contributed by atoms with Gasteiger partial charge in [0.1, 0.15) is 12.4 Å². The standard InChI is InChI=1S/C21H18ClFN2O2/c22-17-4-5-19(24-11-17)15-9-16-13-25(6-7-27-21(16)20(26)10-15)12-14-2-1-3-18(23)8-14/h1-5,8-11,26H,6-7,12-13H2. The van der Waals surface area contributed by atoms with Crippen LogP contribution < -0.4 is 4.74 Å². The maximum absolute atomic E-state index is 13.5. The highest BCUT2D eigenvalue weighted by Crippen LogP contribution is 2.37. The van der Waals surface area contributed by atoms with Crippen LogP contribution in [0, 0.1) is 5.82 Å². The van der Waals surface area contributed by atoms with E-state index in [0.717, 1.165) is 22.4 Å². The summed E-state index contributed by atoms with van der Waals surface area (Å²) < 4.78 is 19.2. The van der Waals surface area contributed by atoms with Crippen molar-refractivity contribution in [2.45, 2.75) is 13.1 Å². The predicted molar refractivity (Wildman–Crippen MR) is 102 cm³/mol. The van der Waals surface area contributed by atoms with Gasteiger partial charge >= 0.3 is 0 Å². The van der Waals surface area contributed by atoms with Crippen LogP contribution in [0.25, 0.3) is 11.3 Å². The molecule has 0 atom stereocenters. The van der Waals surface area contributed by atoms with Crippen LogP contribution in [-0.4, -0.2) is 28.1 Å². The molecule has 4 nitrogen and oxygen atoms in total. The molecule has 2 aromatic carbocycles. The molecule has 6 heteroatoms. The van der Waals surface area contributed by atoms with Crippen LogP contribution >= 0.6 is 11.6 Å². The fraction of sp³-hybridized carbons (Fsp3) is 0.190. The maximum Gasteiger partial charge on any atom is 0.165 e. The summed E-state index contributed by atoms with van der Waals surface area (Å²) >= 11 is 5.91. The molecule has 0 radical (unpaired) electrons. The van der Waals surface area contributed by atoms with Crippen molar-refractivity contribution in [2.24, 2.45) is 0 Å². The van der Waals surface area contributed by atoms with E-state index >= 15 is 0 Å². The van der Waals surface area contributed by atoms with Gasteiger partial charge < -0.3 is 9.84 Å². The lowest BCUT2D eigenvalue weighted by Crippen LogP contribution is -2.25. The lowest BCUT2D eigenvalue weighted by atomic mass is 10.0. The van der Waals surface area contributed by atoms with E-state index in [1.807, 2.05) is 18.2 Å². The molecule has 0 unspecified atom stereocenters. The highest BCUT2D eigenvalue weighted by Gasteiger charge is 2.20. The van der Waals surface area contributed by atoms with Crippen molar-refractivity contribution >= 4 is 11.6 Å². The summed E-state index contributed by atoms with van der Waals surface area (Å²) in [7, 11) is 0. The Hall–Kier alpha value is -2.63. The second kappa shape index (κ2) is 7.55. The Morgan fingerprint density at radius 3 is 2.85 bits per heavy atom. The van der Waals surface area contributed by atoms with Crippen LogP contribution in [0.1, 0.15) is 11.1 Å². The molecule has 0 bridgehead atoms. The summed E-state index contributed by atoms with van der Waals surface area (Å²) in [5, 5.41) is 11.0. The Kier molecular flexibility index (Phi) is 4.97. The Labute approximate surface area is 161 Å². The van der Waals surface area contributed by atoms with Gasteiger partial charge in [0.05, 0.1) is 10.7 Å². The van der Waals surface area contributed by atoms with E-state index in [1.165, 1.54) is 12.1 Å². The van der Waals surface area contributed by atoms with Crippen LogP contribution in [0.2, 0.25) is 5.02 Å². The van der Waals surface area contributed by atoms with Crippen LogP contribution in [0.15, 0.2) is 54.7 Å². The van der Waals surface area contributed by atoms with Crippen molar-refractivity contribution in [1.29, 1.82) is 0 Å². The van der Waals surface area contributed by atoms with E-state index in [4.69, 9.17) is 16.3 Å². The number of nitrogens with zero attached hydrogens (tertiary/aromatic N) is 2. The minimum Gasteiger partial charge on any atom is -0.504 e. The first-order chi connectivity index (χ1) is 13.1. The molecule has 1 aliphatic rings. The summed E-state index contributed by atoms with van der Waals surface area (Å²) in [6.45, 7) is 2.32. The summed E-state index contributed by atoms with van der Waals surface area (Å²) in [5.74, 6) is 0.342. The molecule has 3 aromatic rings. The second-order valence-corrected chi connectivity index (χ2v) is 6.97. The molecule has 0 fully saturated rings. The van der Waals surface area contributed by atoms with Gasteiger partial charge in [-0.25, -0.2) is 4.39 Å². The normalized spacial score (nSPS) is 14.3. The minimum atomic E-state index is -0.243. The number of ether oxygens (including phenoxy) is 1. The number of fused-ring (bicyclic) bond motifs is 1. The van der Waals surface area contributed by atoms with Crippen LogP contribution in [0.3, 0.4) is 0 Å². The van der Waals surface area contributed by atoms with Crippen molar-refractivity contribution < 1.29 is 14.2 Å². The van der Waals surface area contributed by atoms with E-state index < -0.39 is 0 Å². The molecular weight excluding hydrogens is 367 g/mol. The first kappa shape index (κ1) is 17.8. The molecule has 4 rings (SSSR count). The number of phenols is 1. The van der Waals surface area contributed by atoms with E-state index in [1.54, 1.807) is 24.4 Å². The fourth-order valence-corrected chi connectivity index (χ4v) is 3.39. The molecule has 0 spiro atoms. The topological polar surface area (TPSA) is 45.6 Å². The molecule has 0 aliphatic carbocycles. The quantitative estimate of drug-likeness (QED) is 0.714. The van der Waals surface area contributed by atoms with E-state index in [0.29, 0.717) is 37.0 Å². The smallest absolute Gasteiger partial charge is 0.165 e. The van der Waals surface area contributed by atoms with Gasteiger partial charge in [-0.05, 0) is 42.0 Å². The fourth-order valence-electron chi connectivity index (χ4n) is 3.28. The number of hydrogen-bond donors (Lipinski definition) is 1. The van der Waals surface area contributed by atoms with Crippen molar-refractivity contribution in [3.05, 3.63) is 76.7 Å². The van der Waals surface area contributed by atoms with E-state index in [-0.39, 0.29) is 11.6 Å². The number of aromatic hydroxyl groups is 1. The lowest BCUT2D eigenvalue weighted by molar-refractivity contribution is 0.217. The Morgan fingerprint density at radius 1 is 1.19 bits per heavy atom. The van der Waals surface area contributed by atoms with Gasteiger partial charge in [-0.1, -0.05) is 23.7 Å². The molecule has 138 valence electrons. The first-order valence-electron chi connectivity index (χ1n) is 8.66. The Bertz CT molecular complexity index is 963. The number of hydrogen-bond acceptors (Lipinski definition) is 4. The van der Waals surface area contributed by atoms with E-state index in [9.17, 15) is 9.50 Å². The van der Waals surface area contributed by atoms with Crippen LogP contribution in [0.5, 0.6) is 11.5 Å². The summed E-state index contributed by atoms with van der Waals surface area (Å²) in [4.78, 5) is 6.49. The number of aromatic nitrogens is 1. The third-order valence-corrected chi connectivity index (χ3v) is 4.74. The summed E-state index contributed by atoms with van der Waals surface area (Å²) in [5.41, 5.74) is 3.28. The zero-order chi connectivity index (χ0) is 18.8. The molecule has 0 saturated carbocycles. The molecule has 0 saturated heterocycles. The maximum atomic E-state index is 13.5. The van der Waals surface area contributed by atoms with Gasteiger partial charge in [-0.3, -0.25) is 9.88 Å². The minimum absolute atomic E-state index is 0.0897. The number of benzene rings is 2. The average Bonchev–Trinajstić information content (AvgIpc) is 2.84. The Morgan fingerprint density at radius 2 is 2.07 bits per heavy atom. The molecule has 1 aliphatic heterocycles. The largest absolute Gasteiger partial charge is 0.504 e. The lowest BCUT2D eigenvalue weighted by Gasteiger charge is -2.19. The van der Waals surface area contributed by atoms with Gasteiger partial charge in [0, 0.05) is 37.0 Å². The summed E-state index contributed by atoms with van der Waals surface area (Å²) in [6.07, 6.45) is 1.58. The highest BCUT2D eigenvalue weighted by molar-refractivity contribution is 6.30. The van der Waals surface area contributed by atoms with Gasteiger partial charge in [-0.15, -0.1) is 0 Å². The number of phenolic OH excluding ortho intramolecular Hbond substituents is 1. The monoisotopic (exact) mass is 384 g/mol. The molecule has 27 heavy (non-hydrogen) atoms. The van der Waals surface area contributed by atoms with Crippen LogP contribution in [-0.2, 0) is 13.1 Å². The predicted octanol–water partition coefficient (Wildman–Crippen LogP) is 4.64. The van der Waals surface area contributed by atoms with Gasteiger partial charge in [-0.2, -0.15) is 0 Å². The zero-order valence-electron chi connectivity index (χ0n) is 14.5. The number of pyridine rings is 1. The average molecular weight is 385 g/mol. The van der Waals surface area contributed by atoms with Gasteiger partial charge in [0.25, 0.3) is 0 Å². The molecule has 2 heterocycles. The van der Waals surface area contributed by atoms with Crippen molar-refractivity contribution in [3.63, 3.8) is 0 Å². The van der Waals surface area contributed by atoms with Crippen molar-refractivity contribution in [2.75, 3.05) is 13.2 Å². The molecule has 1 aromatic heterocycles. The molecule has 1 N–H and O–H groups in total. The zero-order valence-corrected chi connectivity index (χ0v) is 15.3. The third kappa shape index (κ3) is 4.04. The molecular formula is C21H18ClFN2O2. The third-order valence-electron chi connectivity index (χ3n) is 4.51. The highest BCUT2D eigenvalue weighted by atomic mass is 35.5.